The number of hydrogen-bond donors (Lipinski definition) is 1. The van der Waals surface area contributed by atoms with Crippen LogP contribution in [0.3, 0.4) is 0 Å². The van der Waals surface area contributed by atoms with Gasteiger partial charge in [0.05, 0.1) is 12.2 Å². The van der Waals surface area contributed by atoms with Crippen molar-refractivity contribution in [2.75, 3.05) is 5.73 Å². The lowest BCUT2D eigenvalue weighted by atomic mass is 9.85. The fourth-order valence-electron chi connectivity index (χ4n) is 2.91. The molecule has 1 fully saturated rings. The van der Waals surface area contributed by atoms with E-state index >= 15 is 0 Å². The molecule has 0 saturated heterocycles. The molecule has 3 heteroatoms. The molecule has 0 bridgehead atoms. The Labute approximate surface area is 122 Å². The van der Waals surface area contributed by atoms with Crippen molar-refractivity contribution < 1.29 is 9.47 Å². The molecule has 0 heterocycles. The van der Waals surface area contributed by atoms with Gasteiger partial charge in [-0.3, -0.25) is 0 Å². The molecular formula is C17H27NO2. The van der Waals surface area contributed by atoms with Gasteiger partial charge in [0, 0.05) is 23.9 Å². The summed E-state index contributed by atoms with van der Waals surface area (Å²) >= 11 is 0. The monoisotopic (exact) mass is 277 g/mol. The van der Waals surface area contributed by atoms with Gasteiger partial charge in [0.15, 0.2) is 0 Å². The second-order valence-corrected chi connectivity index (χ2v) is 6.09. The average molecular weight is 277 g/mol. The van der Waals surface area contributed by atoms with Crippen LogP contribution in [0.4, 0.5) is 5.69 Å². The van der Waals surface area contributed by atoms with Crippen LogP contribution < -0.4 is 15.2 Å². The number of rotatable bonds is 5. The zero-order valence-electron chi connectivity index (χ0n) is 12.9. The van der Waals surface area contributed by atoms with Crippen LogP contribution in [0.1, 0.15) is 52.9 Å². The lowest BCUT2D eigenvalue weighted by Crippen LogP contribution is -2.25. The van der Waals surface area contributed by atoms with Crippen molar-refractivity contribution in [3.63, 3.8) is 0 Å². The van der Waals surface area contributed by atoms with Crippen LogP contribution in [0.2, 0.25) is 0 Å². The highest BCUT2D eigenvalue weighted by molar-refractivity contribution is 5.50. The third-order valence-electron chi connectivity index (χ3n) is 3.89. The van der Waals surface area contributed by atoms with E-state index in [0.717, 1.165) is 30.3 Å². The number of nitrogen functional groups attached to an aromatic ring is 1. The minimum Gasteiger partial charge on any atom is -0.491 e. The van der Waals surface area contributed by atoms with Crippen molar-refractivity contribution in [1.29, 1.82) is 0 Å². The first-order valence-electron chi connectivity index (χ1n) is 7.80. The topological polar surface area (TPSA) is 44.5 Å². The normalized spacial score (nSPS) is 22.8. The first-order valence-corrected chi connectivity index (χ1v) is 7.80. The van der Waals surface area contributed by atoms with Crippen molar-refractivity contribution in [2.24, 2.45) is 5.92 Å². The Bertz CT molecular complexity index is 431. The molecule has 2 unspecified atom stereocenters. The summed E-state index contributed by atoms with van der Waals surface area (Å²) in [5.41, 5.74) is 6.63. The molecule has 1 aromatic carbocycles. The first-order chi connectivity index (χ1) is 9.56. The van der Waals surface area contributed by atoms with Crippen LogP contribution in [-0.2, 0) is 0 Å². The highest BCUT2D eigenvalue weighted by atomic mass is 16.5. The van der Waals surface area contributed by atoms with E-state index in [-0.39, 0.29) is 6.10 Å². The lowest BCUT2D eigenvalue weighted by Gasteiger charge is -2.29. The van der Waals surface area contributed by atoms with E-state index in [1.165, 1.54) is 19.3 Å². The van der Waals surface area contributed by atoms with Gasteiger partial charge >= 0.3 is 0 Å². The molecule has 20 heavy (non-hydrogen) atoms. The molecule has 1 aliphatic carbocycles. The predicted octanol–water partition coefficient (Wildman–Crippen LogP) is 4.40. The fraction of sp³-hybridized carbons (Fsp3) is 0.647. The molecule has 1 saturated carbocycles. The Morgan fingerprint density at radius 1 is 1.20 bits per heavy atom. The number of ether oxygens (including phenoxy) is 2. The Balaban J connectivity index is 2.02. The zero-order valence-corrected chi connectivity index (χ0v) is 12.9. The van der Waals surface area contributed by atoms with Crippen molar-refractivity contribution in [2.45, 2.75) is 65.1 Å². The van der Waals surface area contributed by atoms with Crippen LogP contribution in [0.5, 0.6) is 11.5 Å². The van der Waals surface area contributed by atoms with Gasteiger partial charge in [0.25, 0.3) is 0 Å². The van der Waals surface area contributed by atoms with Gasteiger partial charge in [-0.25, -0.2) is 0 Å². The Morgan fingerprint density at radius 3 is 2.65 bits per heavy atom. The van der Waals surface area contributed by atoms with Gasteiger partial charge in [-0.2, -0.15) is 0 Å². The summed E-state index contributed by atoms with van der Waals surface area (Å²) in [5.74, 6) is 2.43. The lowest BCUT2D eigenvalue weighted by molar-refractivity contribution is 0.121. The van der Waals surface area contributed by atoms with Gasteiger partial charge in [0.2, 0.25) is 0 Å². The molecule has 0 amide bonds. The molecule has 112 valence electrons. The molecule has 2 N–H and O–H groups in total. The van der Waals surface area contributed by atoms with E-state index in [4.69, 9.17) is 15.2 Å². The molecule has 0 aromatic heterocycles. The molecule has 1 aromatic rings. The van der Waals surface area contributed by atoms with Crippen molar-refractivity contribution in [3.05, 3.63) is 18.2 Å². The van der Waals surface area contributed by atoms with Gasteiger partial charge in [-0.1, -0.05) is 19.8 Å². The van der Waals surface area contributed by atoms with Gasteiger partial charge < -0.3 is 15.2 Å². The molecule has 0 aliphatic heterocycles. The molecule has 2 rings (SSSR count). The molecule has 1 aliphatic rings. The van der Waals surface area contributed by atoms with Crippen LogP contribution in [0.25, 0.3) is 0 Å². The molecule has 0 spiro atoms. The predicted molar refractivity (Wildman–Crippen MR) is 83.3 cm³/mol. The molecule has 2 atom stereocenters. The van der Waals surface area contributed by atoms with Crippen LogP contribution >= 0.6 is 0 Å². The van der Waals surface area contributed by atoms with Crippen LogP contribution in [0, 0.1) is 5.92 Å². The smallest absolute Gasteiger partial charge is 0.125 e. The average Bonchev–Trinajstić information content (AvgIpc) is 2.37. The second kappa shape index (κ2) is 6.87. The van der Waals surface area contributed by atoms with Crippen LogP contribution in [0.15, 0.2) is 18.2 Å². The fourth-order valence-corrected chi connectivity index (χ4v) is 2.91. The standard InChI is InChI=1S/C17H27NO2/c1-4-13-6-5-7-15(8-13)20-17-10-14(18)9-16(11-17)19-12(2)3/h9-13,15H,4-8,18H2,1-3H3. The number of hydrogen-bond acceptors (Lipinski definition) is 3. The van der Waals surface area contributed by atoms with E-state index < -0.39 is 0 Å². The number of nitrogens with two attached hydrogens (primary N) is 1. The minimum atomic E-state index is 0.142. The van der Waals surface area contributed by atoms with E-state index in [0.29, 0.717) is 11.8 Å². The summed E-state index contributed by atoms with van der Waals surface area (Å²) in [5, 5.41) is 0. The van der Waals surface area contributed by atoms with Crippen molar-refractivity contribution >= 4 is 5.69 Å². The summed E-state index contributed by atoms with van der Waals surface area (Å²) < 4.78 is 11.8. The van der Waals surface area contributed by atoms with E-state index in [1.807, 2.05) is 32.0 Å². The number of anilines is 1. The van der Waals surface area contributed by atoms with E-state index in [2.05, 4.69) is 6.92 Å². The second-order valence-electron chi connectivity index (χ2n) is 6.09. The first kappa shape index (κ1) is 15.0. The Hall–Kier alpha value is -1.38. The van der Waals surface area contributed by atoms with Gasteiger partial charge in [0.1, 0.15) is 11.5 Å². The van der Waals surface area contributed by atoms with Crippen LogP contribution in [-0.4, -0.2) is 12.2 Å². The maximum absolute atomic E-state index is 6.13. The molecule has 3 nitrogen and oxygen atoms in total. The largest absolute Gasteiger partial charge is 0.491 e. The summed E-state index contributed by atoms with van der Waals surface area (Å²) in [4.78, 5) is 0. The highest BCUT2D eigenvalue weighted by Crippen LogP contribution is 2.32. The van der Waals surface area contributed by atoms with Crippen molar-refractivity contribution in [3.8, 4) is 11.5 Å². The molecular weight excluding hydrogens is 250 g/mol. The minimum absolute atomic E-state index is 0.142. The third-order valence-corrected chi connectivity index (χ3v) is 3.89. The zero-order chi connectivity index (χ0) is 14.5. The summed E-state index contributed by atoms with van der Waals surface area (Å²) in [6, 6.07) is 5.69. The molecule has 0 radical (unpaired) electrons. The van der Waals surface area contributed by atoms with E-state index in [1.54, 1.807) is 0 Å². The quantitative estimate of drug-likeness (QED) is 0.811. The number of benzene rings is 1. The summed E-state index contributed by atoms with van der Waals surface area (Å²) in [6.45, 7) is 6.29. The van der Waals surface area contributed by atoms with Gasteiger partial charge in [-0.15, -0.1) is 0 Å². The summed E-state index contributed by atoms with van der Waals surface area (Å²) in [6.07, 6.45) is 6.62. The van der Waals surface area contributed by atoms with E-state index in [9.17, 15) is 0 Å². The highest BCUT2D eigenvalue weighted by Gasteiger charge is 2.22. The maximum atomic E-state index is 6.13. The third kappa shape index (κ3) is 4.32. The Morgan fingerprint density at radius 2 is 1.95 bits per heavy atom. The maximum Gasteiger partial charge on any atom is 0.125 e. The Kier molecular flexibility index (Phi) is 5.16. The summed E-state index contributed by atoms with van der Waals surface area (Å²) in [7, 11) is 0. The SMILES string of the molecule is CCC1CCCC(Oc2cc(N)cc(OC(C)C)c2)C1. The van der Waals surface area contributed by atoms with Gasteiger partial charge in [-0.05, 0) is 39.0 Å². The van der Waals surface area contributed by atoms with Crippen molar-refractivity contribution in [1.82, 2.24) is 0 Å².